The molecule has 0 aliphatic heterocycles. The number of aldehydes is 1. The third kappa shape index (κ3) is 1.72. The van der Waals surface area contributed by atoms with Crippen LogP contribution in [0.2, 0.25) is 0 Å². The van der Waals surface area contributed by atoms with Gasteiger partial charge in [0.05, 0.1) is 11.6 Å². The number of nitrogens with zero attached hydrogens (tertiary/aromatic N) is 1. The lowest BCUT2D eigenvalue weighted by molar-refractivity contribution is 0.112. The van der Waals surface area contributed by atoms with E-state index in [-0.39, 0.29) is 0 Å². The Balaban J connectivity index is 3.21. The Bertz CT molecular complexity index is 341. The number of hydrogen-bond donors (Lipinski definition) is 0. The van der Waals surface area contributed by atoms with Crippen LogP contribution in [0.15, 0.2) is 18.2 Å². The van der Waals surface area contributed by atoms with E-state index in [1.165, 1.54) is 0 Å². The van der Waals surface area contributed by atoms with Gasteiger partial charge in [-0.15, -0.1) is 0 Å². The standard InChI is InChI=1S/C9H6BrNO/c10-4-8-2-1-7(5-11)3-9(8)6-12/h1-3,6H,4H2. The van der Waals surface area contributed by atoms with Crippen molar-refractivity contribution in [3.63, 3.8) is 0 Å². The number of alkyl halides is 1. The average Bonchev–Trinajstić information content (AvgIpc) is 2.16. The Hall–Kier alpha value is -1.14. The summed E-state index contributed by atoms with van der Waals surface area (Å²) in [6.45, 7) is 0. The zero-order chi connectivity index (χ0) is 8.97. The summed E-state index contributed by atoms with van der Waals surface area (Å²) in [7, 11) is 0. The highest BCUT2D eigenvalue weighted by molar-refractivity contribution is 9.08. The predicted molar refractivity (Wildman–Crippen MR) is 49.2 cm³/mol. The summed E-state index contributed by atoms with van der Waals surface area (Å²) in [5, 5.41) is 9.18. The molecule has 0 saturated carbocycles. The molecule has 0 spiro atoms. The maximum absolute atomic E-state index is 10.5. The van der Waals surface area contributed by atoms with Crippen molar-refractivity contribution in [2.75, 3.05) is 0 Å². The Morgan fingerprint density at radius 1 is 1.58 bits per heavy atom. The zero-order valence-corrected chi connectivity index (χ0v) is 7.84. The van der Waals surface area contributed by atoms with Crippen LogP contribution in [0.1, 0.15) is 21.5 Å². The van der Waals surface area contributed by atoms with Crippen molar-refractivity contribution in [2.45, 2.75) is 5.33 Å². The van der Waals surface area contributed by atoms with Gasteiger partial charge in [0.25, 0.3) is 0 Å². The van der Waals surface area contributed by atoms with E-state index in [0.29, 0.717) is 16.5 Å². The van der Waals surface area contributed by atoms with Crippen LogP contribution in [-0.2, 0) is 5.33 Å². The fraction of sp³-hybridized carbons (Fsp3) is 0.111. The van der Waals surface area contributed by atoms with Gasteiger partial charge in [-0.2, -0.15) is 5.26 Å². The number of halogens is 1. The molecule has 0 amide bonds. The van der Waals surface area contributed by atoms with Crippen molar-refractivity contribution < 1.29 is 4.79 Å². The molecular formula is C9H6BrNO. The monoisotopic (exact) mass is 223 g/mol. The Morgan fingerprint density at radius 3 is 2.83 bits per heavy atom. The van der Waals surface area contributed by atoms with E-state index >= 15 is 0 Å². The molecule has 0 heterocycles. The van der Waals surface area contributed by atoms with E-state index in [1.54, 1.807) is 18.2 Å². The SMILES string of the molecule is N#Cc1ccc(CBr)c(C=O)c1. The van der Waals surface area contributed by atoms with Crippen LogP contribution in [-0.4, -0.2) is 6.29 Å². The number of nitriles is 1. The summed E-state index contributed by atoms with van der Waals surface area (Å²) in [6.07, 6.45) is 0.761. The third-order valence-corrected chi connectivity index (χ3v) is 2.15. The third-order valence-electron chi connectivity index (χ3n) is 1.55. The minimum atomic E-state index is 0.516. The van der Waals surface area contributed by atoms with Gasteiger partial charge in [-0.3, -0.25) is 4.79 Å². The van der Waals surface area contributed by atoms with Gasteiger partial charge in [0, 0.05) is 10.9 Å². The fourth-order valence-electron chi connectivity index (χ4n) is 0.896. The van der Waals surface area contributed by atoms with E-state index in [4.69, 9.17) is 5.26 Å². The van der Waals surface area contributed by atoms with Crippen LogP contribution < -0.4 is 0 Å². The number of carbonyl (C=O) groups is 1. The summed E-state index contributed by atoms with van der Waals surface area (Å²) < 4.78 is 0. The van der Waals surface area contributed by atoms with Crippen molar-refractivity contribution in [3.8, 4) is 6.07 Å². The van der Waals surface area contributed by atoms with Crippen LogP contribution in [0.4, 0.5) is 0 Å². The van der Waals surface area contributed by atoms with E-state index in [0.717, 1.165) is 11.8 Å². The molecule has 60 valence electrons. The average molecular weight is 224 g/mol. The molecule has 0 aliphatic rings. The van der Waals surface area contributed by atoms with Crippen molar-refractivity contribution in [3.05, 3.63) is 34.9 Å². The quantitative estimate of drug-likeness (QED) is 0.571. The minimum absolute atomic E-state index is 0.516. The molecule has 12 heavy (non-hydrogen) atoms. The van der Waals surface area contributed by atoms with Crippen molar-refractivity contribution in [1.29, 1.82) is 5.26 Å². The Labute approximate surface area is 78.9 Å². The van der Waals surface area contributed by atoms with Crippen LogP contribution in [0.5, 0.6) is 0 Å². The first-order valence-corrected chi connectivity index (χ1v) is 4.48. The molecule has 0 N–H and O–H groups in total. The molecule has 0 bridgehead atoms. The molecule has 1 aromatic rings. The van der Waals surface area contributed by atoms with Gasteiger partial charge in [0.15, 0.2) is 0 Å². The van der Waals surface area contributed by atoms with Gasteiger partial charge < -0.3 is 0 Å². The highest BCUT2D eigenvalue weighted by Crippen LogP contribution is 2.12. The lowest BCUT2D eigenvalue weighted by Gasteiger charge is -1.99. The number of hydrogen-bond acceptors (Lipinski definition) is 2. The van der Waals surface area contributed by atoms with E-state index in [9.17, 15) is 4.79 Å². The fourth-order valence-corrected chi connectivity index (χ4v) is 1.41. The molecule has 0 saturated heterocycles. The molecule has 0 radical (unpaired) electrons. The maximum Gasteiger partial charge on any atom is 0.150 e. The highest BCUT2D eigenvalue weighted by Gasteiger charge is 2.00. The second kappa shape index (κ2) is 4.03. The van der Waals surface area contributed by atoms with Crippen molar-refractivity contribution in [2.24, 2.45) is 0 Å². The summed E-state index contributed by atoms with van der Waals surface area (Å²) in [5.41, 5.74) is 2.00. The Morgan fingerprint density at radius 2 is 2.33 bits per heavy atom. The summed E-state index contributed by atoms with van der Waals surface area (Å²) in [6, 6.07) is 7.04. The smallest absolute Gasteiger partial charge is 0.150 e. The summed E-state index contributed by atoms with van der Waals surface area (Å²) >= 11 is 3.25. The molecule has 0 aliphatic carbocycles. The largest absolute Gasteiger partial charge is 0.298 e. The van der Waals surface area contributed by atoms with E-state index < -0.39 is 0 Å². The molecule has 0 fully saturated rings. The molecule has 0 aromatic heterocycles. The molecule has 3 heteroatoms. The first-order valence-electron chi connectivity index (χ1n) is 3.36. The molecule has 0 unspecified atom stereocenters. The van der Waals surface area contributed by atoms with Gasteiger partial charge in [0.1, 0.15) is 6.29 Å². The van der Waals surface area contributed by atoms with Gasteiger partial charge in [0.2, 0.25) is 0 Å². The molecule has 0 atom stereocenters. The first kappa shape index (κ1) is 8.95. The van der Waals surface area contributed by atoms with E-state index in [1.807, 2.05) is 6.07 Å². The summed E-state index contributed by atoms with van der Waals surface area (Å²) in [4.78, 5) is 10.5. The van der Waals surface area contributed by atoms with Crippen LogP contribution in [0, 0.1) is 11.3 Å². The van der Waals surface area contributed by atoms with E-state index in [2.05, 4.69) is 15.9 Å². The highest BCUT2D eigenvalue weighted by atomic mass is 79.9. The second-order valence-electron chi connectivity index (χ2n) is 2.28. The van der Waals surface area contributed by atoms with Crippen LogP contribution in [0.3, 0.4) is 0 Å². The maximum atomic E-state index is 10.5. The van der Waals surface area contributed by atoms with Crippen LogP contribution in [0.25, 0.3) is 0 Å². The lowest BCUT2D eigenvalue weighted by atomic mass is 10.1. The Kier molecular flexibility index (Phi) is 3.01. The van der Waals surface area contributed by atoms with Crippen LogP contribution >= 0.6 is 15.9 Å². The number of benzene rings is 1. The normalized spacial score (nSPS) is 9.00. The zero-order valence-electron chi connectivity index (χ0n) is 6.25. The number of rotatable bonds is 2. The van der Waals surface area contributed by atoms with Crippen molar-refractivity contribution in [1.82, 2.24) is 0 Å². The summed E-state index contributed by atoms with van der Waals surface area (Å²) in [5.74, 6) is 0. The van der Waals surface area contributed by atoms with Gasteiger partial charge in [-0.25, -0.2) is 0 Å². The predicted octanol–water partition coefficient (Wildman–Crippen LogP) is 2.27. The van der Waals surface area contributed by atoms with Gasteiger partial charge in [-0.1, -0.05) is 22.0 Å². The first-order chi connectivity index (χ1) is 5.81. The molecule has 1 aromatic carbocycles. The minimum Gasteiger partial charge on any atom is -0.298 e. The number of carbonyl (C=O) groups excluding carboxylic acids is 1. The molecule has 1 rings (SSSR count). The van der Waals surface area contributed by atoms with Gasteiger partial charge >= 0.3 is 0 Å². The lowest BCUT2D eigenvalue weighted by Crippen LogP contribution is -1.89. The van der Waals surface area contributed by atoms with Crippen molar-refractivity contribution >= 4 is 22.2 Å². The second-order valence-corrected chi connectivity index (χ2v) is 2.84. The molecular weight excluding hydrogens is 218 g/mol. The molecule has 2 nitrogen and oxygen atoms in total. The topological polar surface area (TPSA) is 40.9 Å². The van der Waals surface area contributed by atoms with Gasteiger partial charge in [-0.05, 0) is 17.7 Å².